The summed E-state index contributed by atoms with van der Waals surface area (Å²) in [7, 11) is 2.18. The number of benzene rings is 5. The maximum atomic E-state index is 2.36. The highest BCUT2D eigenvalue weighted by molar-refractivity contribution is 6.07. The number of hydrogen-bond acceptors (Lipinski definition) is 1. The maximum Gasteiger partial charge on any atom is 0.0494 e. The first kappa shape index (κ1) is 15.5. The van der Waals surface area contributed by atoms with Gasteiger partial charge in [0.2, 0.25) is 0 Å². The van der Waals surface area contributed by atoms with Gasteiger partial charge in [-0.1, -0.05) is 66.7 Å². The van der Waals surface area contributed by atoms with E-state index in [1.54, 1.807) is 0 Å². The summed E-state index contributed by atoms with van der Waals surface area (Å²) >= 11 is 0. The monoisotopic (exact) mass is 357 g/mol. The lowest BCUT2D eigenvalue weighted by atomic mass is 9.92. The van der Waals surface area contributed by atoms with E-state index >= 15 is 0 Å². The number of para-hydroxylation sites is 1. The van der Waals surface area contributed by atoms with Gasteiger partial charge in [-0.15, -0.1) is 0 Å². The smallest absolute Gasteiger partial charge is 0.0494 e. The van der Waals surface area contributed by atoms with Crippen LogP contribution in [0.2, 0.25) is 0 Å². The van der Waals surface area contributed by atoms with Crippen molar-refractivity contribution in [2.45, 2.75) is 0 Å². The zero-order chi connectivity index (χ0) is 18.7. The molecular formula is C27H19N. The fourth-order valence-corrected chi connectivity index (χ4v) is 4.55. The molecule has 0 atom stereocenters. The van der Waals surface area contributed by atoms with E-state index in [-0.39, 0.29) is 0 Å². The molecule has 0 amide bonds. The molecular weight excluding hydrogens is 338 g/mol. The number of hydrogen-bond donors (Lipinski definition) is 0. The zero-order valence-corrected chi connectivity index (χ0v) is 15.7. The second-order valence-corrected chi connectivity index (χ2v) is 7.54. The third-order valence-electron chi connectivity index (χ3n) is 5.95. The van der Waals surface area contributed by atoms with E-state index in [0.29, 0.717) is 0 Å². The fraction of sp³-hybridized carbons (Fsp3) is 0.0370. The Labute approximate surface area is 164 Å². The SMILES string of the molecule is CN1c2ccccc2-c2ccccc2-c2cc3cc4ccccc4cc3cc21. The molecule has 0 saturated carbocycles. The summed E-state index contributed by atoms with van der Waals surface area (Å²) in [4.78, 5) is 2.33. The largest absolute Gasteiger partial charge is 0.344 e. The Bertz CT molecular complexity index is 1380. The van der Waals surface area contributed by atoms with E-state index < -0.39 is 0 Å². The minimum absolute atomic E-state index is 1.24. The van der Waals surface area contributed by atoms with Crippen LogP contribution in [0.15, 0.2) is 97.1 Å². The molecule has 5 aromatic carbocycles. The number of rotatable bonds is 0. The van der Waals surface area contributed by atoms with Gasteiger partial charge in [0.1, 0.15) is 0 Å². The molecule has 1 heteroatoms. The first-order valence-corrected chi connectivity index (χ1v) is 9.69. The highest BCUT2D eigenvalue weighted by Crippen LogP contribution is 2.48. The maximum absolute atomic E-state index is 2.36. The zero-order valence-electron chi connectivity index (χ0n) is 15.7. The molecule has 0 fully saturated rings. The van der Waals surface area contributed by atoms with Gasteiger partial charge >= 0.3 is 0 Å². The summed E-state index contributed by atoms with van der Waals surface area (Å²) in [5.41, 5.74) is 7.66. The van der Waals surface area contributed by atoms with Crippen LogP contribution < -0.4 is 4.90 Å². The van der Waals surface area contributed by atoms with Crippen molar-refractivity contribution in [2.75, 3.05) is 11.9 Å². The Hall–Kier alpha value is -3.58. The van der Waals surface area contributed by atoms with Gasteiger partial charge in [-0.3, -0.25) is 0 Å². The van der Waals surface area contributed by atoms with Gasteiger partial charge in [-0.25, -0.2) is 0 Å². The van der Waals surface area contributed by atoms with Crippen molar-refractivity contribution >= 4 is 32.9 Å². The fourth-order valence-electron chi connectivity index (χ4n) is 4.55. The highest BCUT2D eigenvalue weighted by atomic mass is 15.1. The Morgan fingerprint density at radius 3 is 1.68 bits per heavy atom. The standard InChI is InChI=1S/C27H19N/c1-28-26-13-7-6-12-24(26)22-10-4-5-11-23(22)25-16-20-14-18-8-2-3-9-19(18)15-21(20)17-27(25)28/h2-17H,1H3. The van der Waals surface area contributed by atoms with Gasteiger partial charge in [0.15, 0.2) is 0 Å². The molecule has 0 saturated heterocycles. The minimum Gasteiger partial charge on any atom is -0.344 e. The molecule has 1 heterocycles. The van der Waals surface area contributed by atoms with Crippen LogP contribution in [0.4, 0.5) is 11.4 Å². The average molecular weight is 357 g/mol. The van der Waals surface area contributed by atoms with Gasteiger partial charge in [-0.05, 0) is 63.0 Å². The second kappa shape index (κ2) is 5.71. The van der Waals surface area contributed by atoms with Gasteiger partial charge in [-0.2, -0.15) is 0 Å². The summed E-state index contributed by atoms with van der Waals surface area (Å²) in [6, 6.07) is 35.4. The quantitative estimate of drug-likeness (QED) is 0.261. The van der Waals surface area contributed by atoms with Gasteiger partial charge in [0.05, 0.1) is 0 Å². The molecule has 0 radical (unpaired) electrons. The van der Waals surface area contributed by atoms with Gasteiger partial charge in [0, 0.05) is 29.5 Å². The lowest BCUT2D eigenvalue weighted by molar-refractivity contribution is 1.22. The lowest BCUT2D eigenvalue weighted by Gasteiger charge is -2.22. The Balaban J connectivity index is 1.75. The van der Waals surface area contributed by atoms with Crippen LogP contribution in [-0.2, 0) is 0 Å². The molecule has 132 valence electrons. The minimum atomic E-state index is 1.24. The summed E-state index contributed by atoms with van der Waals surface area (Å²) in [5.74, 6) is 0. The number of fused-ring (bicyclic) bond motifs is 7. The average Bonchev–Trinajstić information content (AvgIpc) is 2.85. The van der Waals surface area contributed by atoms with E-state index in [4.69, 9.17) is 0 Å². The summed E-state index contributed by atoms with van der Waals surface area (Å²) in [5, 5.41) is 5.13. The molecule has 28 heavy (non-hydrogen) atoms. The van der Waals surface area contributed by atoms with Crippen LogP contribution in [0.3, 0.4) is 0 Å². The molecule has 0 aromatic heterocycles. The molecule has 0 spiro atoms. The van der Waals surface area contributed by atoms with Crippen molar-refractivity contribution in [1.82, 2.24) is 0 Å². The molecule has 0 bridgehead atoms. The molecule has 5 aromatic rings. The van der Waals surface area contributed by atoms with Crippen LogP contribution in [0, 0.1) is 0 Å². The molecule has 6 rings (SSSR count). The molecule has 0 aliphatic carbocycles. The highest BCUT2D eigenvalue weighted by Gasteiger charge is 2.22. The van der Waals surface area contributed by atoms with E-state index in [1.807, 2.05) is 0 Å². The summed E-state index contributed by atoms with van der Waals surface area (Å²) in [6.07, 6.45) is 0. The van der Waals surface area contributed by atoms with Crippen molar-refractivity contribution in [1.29, 1.82) is 0 Å². The molecule has 1 nitrogen and oxygen atoms in total. The van der Waals surface area contributed by atoms with Crippen molar-refractivity contribution in [3.8, 4) is 22.3 Å². The Kier molecular flexibility index (Phi) is 3.15. The number of nitrogens with zero attached hydrogens (tertiary/aromatic N) is 1. The van der Waals surface area contributed by atoms with Gasteiger partial charge < -0.3 is 4.90 Å². The van der Waals surface area contributed by atoms with Crippen LogP contribution in [0.5, 0.6) is 0 Å². The van der Waals surface area contributed by atoms with Crippen molar-refractivity contribution < 1.29 is 0 Å². The van der Waals surface area contributed by atoms with Crippen molar-refractivity contribution in [3.05, 3.63) is 97.1 Å². The molecule has 1 aliphatic heterocycles. The first-order chi connectivity index (χ1) is 13.8. The first-order valence-electron chi connectivity index (χ1n) is 9.69. The second-order valence-electron chi connectivity index (χ2n) is 7.54. The molecule has 0 unspecified atom stereocenters. The predicted molar refractivity (Wildman–Crippen MR) is 120 cm³/mol. The van der Waals surface area contributed by atoms with E-state index in [2.05, 4.69) is 109 Å². The van der Waals surface area contributed by atoms with E-state index in [9.17, 15) is 0 Å². The van der Waals surface area contributed by atoms with Gasteiger partial charge in [0.25, 0.3) is 0 Å². The Morgan fingerprint density at radius 1 is 0.429 bits per heavy atom. The van der Waals surface area contributed by atoms with Crippen LogP contribution in [0.1, 0.15) is 0 Å². The normalized spacial score (nSPS) is 12.4. The van der Waals surface area contributed by atoms with E-state index in [0.717, 1.165) is 0 Å². The topological polar surface area (TPSA) is 3.24 Å². The predicted octanol–water partition coefficient (Wildman–Crippen LogP) is 7.41. The van der Waals surface area contributed by atoms with Crippen molar-refractivity contribution in [2.24, 2.45) is 0 Å². The third kappa shape index (κ3) is 2.13. The van der Waals surface area contributed by atoms with Crippen LogP contribution >= 0.6 is 0 Å². The summed E-state index contributed by atoms with van der Waals surface area (Å²) < 4.78 is 0. The third-order valence-corrected chi connectivity index (χ3v) is 5.95. The summed E-state index contributed by atoms with van der Waals surface area (Å²) in [6.45, 7) is 0. The molecule has 1 aliphatic rings. The van der Waals surface area contributed by atoms with Crippen molar-refractivity contribution in [3.63, 3.8) is 0 Å². The lowest BCUT2D eigenvalue weighted by Crippen LogP contribution is -2.10. The molecule has 0 N–H and O–H groups in total. The number of anilines is 2. The Morgan fingerprint density at radius 2 is 0.964 bits per heavy atom. The van der Waals surface area contributed by atoms with Crippen LogP contribution in [0.25, 0.3) is 43.8 Å². The van der Waals surface area contributed by atoms with Crippen LogP contribution in [-0.4, -0.2) is 7.05 Å². The van der Waals surface area contributed by atoms with E-state index in [1.165, 1.54) is 55.2 Å².